The van der Waals surface area contributed by atoms with Gasteiger partial charge < -0.3 is 10.2 Å². The van der Waals surface area contributed by atoms with Gasteiger partial charge >= 0.3 is 5.97 Å². The minimum atomic E-state index is -1.16. The van der Waals surface area contributed by atoms with E-state index in [-0.39, 0.29) is 11.5 Å². The van der Waals surface area contributed by atoms with Crippen LogP contribution in [0.2, 0.25) is 0 Å². The van der Waals surface area contributed by atoms with Crippen molar-refractivity contribution in [3.05, 3.63) is 29.3 Å². The molecule has 0 atom stereocenters. The fourth-order valence-corrected chi connectivity index (χ4v) is 3.23. The van der Waals surface area contributed by atoms with E-state index in [1.54, 1.807) is 6.92 Å². The highest BCUT2D eigenvalue weighted by Crippen LogP contribution is 2.32. The Morgan fingerprint density at radius 1 is 1.08 bits per heavy atom. The third-order valence-corrected chi connectivity index (χ3v) is 4.93. The first-order valence-electron chi connectivity index (χ1n) is 9.29. The van der Waals surface area contributed by atoms with Crippen molar-refractivity contribution in [3.63, 3.8) is 0 Å². The molecule has 3 nitrogen and oxygen atoms in total. The molecule has 1 aliphatic rings. The minimum absolute atomic E-state index is 0.0441. The van der Waals surface area contributed by atoms with Gasteiger partial charge in [-0.3, -0.25) is 4.79 Å². The Morgan fingerprint density at radius 3 is 2.24 bits per heavy atom. The van der Waals surface area contributed by atoms with Crippen molar-refractivity contribution in [2.75, 3.05) is 0 Å². The van der Waals surface area contributed by atoms with Crippen molar-refractivity contribution in [2.45, 2.75) is 71.6 Å². The van der Waals surface area contributed by atoms with Crippen LogP contribution in [0.15, 0.2) is 12.1 Å². The van der Waals surface area contributed by atoms with Crippen LogP contribution < -0.4 is 0 Å². The lowest BCUT2D eigenvalue weighted by molar-refractivity contribution is -0.143. The number of carboxylic acids is 1. The molecule has 0 bridgehead atoms. The molecule has 0 unspecified atom stereocenters. The zero-order valence-electron chi connectivity index (χ0n) is 15.2. The van der Waals surface area contributed by atoms with E-state index in [0.717, 1.165) is 37.7 Å². The van der Waals surface area contributed by atoms with Gasteiger partial charge in [-0.25, -0.2) is 4.39 Å². The molecule has 0 amide bonds. The summed E-state index contributed by atoms with van der Waals surface area (Å²) in [6.07, 6.45) is 9.78. The Bertz CT molecular complexity index is 538. The molecule has 0 aliphatic heterocycles. The molecule has 25 heavy (non-hydrogen) atoms. The van der Waals surface area contributed by atoms with Crippen LogP contribution in [0.4, 0.5) is 8.78 Å². The summed E-state index contributed by atoms with van der Waals surface area (Å²) in [7, 11) is 0. The largest absolute Gasteiger partial charge is 0.505 e. The Kier molecular flexibility index (Phi) is 9.46. The summed E-state index contributed by atoms with van der Waals surface area (Å²) in [4.78, 5) is 10.7. The number of rotatable bonds is 6. The van der Waals surface area contributed by atoms with E-state index in [2.05, 4.69) is 6.92 Å². The number of phenolic OH excluding ortho intramolecular Hbond substituents is 1. The minimum Gasteiger partial charge on any atom is -0.505 e. The number of benzene rings is 1. The van der Waals surface area contributed by atoms with E-state index >= 15 is 0 Å². The SMILES string of the molecule is CCCCCC1CCC(C(=O)O)CC1.CCc1ccc(O)c(F)c1F. The zero-order valence-corrected chi connectivity index (χ0v) is 15.2. The summed E-state index contributed by atoms with van der Waals surface area (Å²) >= 11 is 0. The number of halogens is 2. The molecule has 142 valence electrons. The molecule has 1 aromatic carbocycles. The summed E-state index contributed by atoms with van der Waals surface area (Å²) in [5.74, 6) is -2.57. The Morgan fingerprint density at radius 2 is 1.72 bits per heavy atom. The molecule has 1 saturated carbocycles. The van der Waals surface area contributed by atoms with Gasteiger partial charge in [-0.1, -0.05) is 45.6 Å². The fourth-order valence-electron chi connectivity index (χ4n) is 3.23. The number of hydrogen-bond acceptors (Lipinski definition) is 2. The number of phenols is 1. The van der Waals surface area contributed by atoms with Crippen LogP contribution in [0.3, 0.4) is 0 Å². The second-order valence-corrected chi connectivity index (χ2v) is 6.78. The van der Waals surface area contributed by atoms with Crippen LogP contribution in [-0.2, 0) is 11.2 Å². The fraction of sp³-hybridized carbons (Fsp3) is 0.650. The smallest absolute Gasteiger partial charge is 0.306 e. The lowest BCUT2D eigenvalue weighted by Gasteiger charge is -2.25. The van der Waals surface area contributed by atoms with Gasteiger partial charge in [0.05, 0.1) is 5.92 Å². The van der Waals surface area contributed by atoms with Crippen molar-refractivity contribution in [1.29, 1.82) is 0 Å². The zero-order chi connectivity index (χ0) is 18.8. The maximum Gasteiger partial charge on any atom is 0.306 e. The summed E-state index contributed by atoms with van der Waals surface area (Å²) in [6, 6.07) is 2.52. The average molecular weight is 356 g/mol. The maximum atomic E-state index is 12.7. The topological polar surface area (TPSA) is 57.5 Å². The van der Waals surface area contributed by atoms with Gasteiger partial charge in [0, 0.05) is 0 Å². The maximum absolute atomic E-state index is 12.7. The number of aromatic hydroxyl groups is 1. The molecule has 2 rings (SSSR count). The van der Waals surface area contributed by atoms with Gasteiger partial charge in [-0.05, 0) is 49.7 Å². The molecule has 0 spiro atoms. The van der Waals surface area contributed by atoms with Crippen molar-refractivity contribution in [3.8, 4) is 5.75 Å². The number of carbonyl (C=O) groups is 1. The first kappa shape index (κ1) is 21.4. The lowest BCUT2D eigenvalue weighted by atomic mass is 9.80. The van der Waals surface area contributed by atoms with Gasteiger partial charge in [0.25, 0.3) is 0 Å². The van der Waals surface area contributed by atoms with E-state index in [1.165, 1.54) is 31.7 Å². The normalized spacial score (nSPS) is 19.8. The Labute approximate surface area is 149 Å². The van der Waals surface area contributed by atoms with Crippen LogP contribution in [0.5, 0.6) is 5.75 Å². The average Bonchev–Trinajstić information content (AvgIpc) is 2.61. The first-order valence-corrected chi connectivity index (χ1v) is 9.29. The third kappa shape index (κ3) is 7.00. The van der Waals surface area contributed by atoms with Crippen molar-refractivity contribution in [2.24, 2.45) is 11.8 Å². The van der Waals surface area contributed by atoms with E-state index in [9.17, 15) is 13.6 Å². The Hall–Kier alpha value is -1.65. The second kappa shape index (κ2) is 11.1. The van der Waals surface area contributed by atoms with Gasteiger partial charge in [0.2, 0.25) is 5.82 Å². The highest BCUT2D eigenvalue weighted by atomic mass is 19.2. The van der Waals surface area contributed by atoms with Crippen LogP contribution >= 0.6 is 0 Å². The molecular weight excluding hydrogens is 326 g/mol. The van der Waals surface area contributed by atoms with E-state index in [4.69, 9.17) is 10.2 Å². The van der Waals surface area contributed by atoms with Crippen molar-refractivity contribution < 1.29 is 23.8 Å². The molecule has 2 N–H and O–H groups in total. The predicted molar refractivity (Wildman–Crippen MR) is 94.6 cm³/mol. The first-order chi connectivity index (χ1) is 11.9. The van der Waals surface area contributed by atoms with Crippen LogP contribution in [-0.4, -0.2) is 16.2 Å². The molecule has 0 aromatic heterocycles. The van der Waals surface area contributed by atoms with E-state index < -0.39 is 23.4 Å². The highest BCUT2D eigenvalue weighted by molar-refractivity contribution is 5.69. The summed E-state index contributed by atoms with van der Waals surface area (Å²) in [6.45, 7) is 3.94. The number of hydrogen-bond donors (Lipinski definition) is 2. The molecular formula is C20H30F2O3. The summed E-state index contributed by atoms with van der Waals surface area (Å²) in [5.41, 5.74) is 0.278. The van der Waals surface area contributed by atoms with E-state index in [0.29, 0.717) is 6.42 Å². The van der Waals surface area contributed by atoms with Gasteiger partial charge in [0.15, 0.2) is 11.6 Å². The standard InChI is InChI=1S/C12H22O2.C8H8F2O/c1-2-3-4-5-10-6-8-11(9-7-10)12(13)14;1-2-5-3-4-6(11)8(10)7(5)9/h10-11H,2-9H2,1H3,(H,13,14);3-4,11H,2H2,1H3. The van der Waals surface area contributed by atoms with Gasteiger partial charge in [-0.15, -0.1) is 0 Å². The van der Waals surface area contributed by atoms with E-state index in [1.807, 2.05) is 0 Å². The summed E-state index contributed by atoms with van der Waals surface area (Å²) < 4.78 is 25.3. The number of carboxylic acid groups (broad SMARTS) is 1. The molecule has 5 heteroatoms. The monoisotopic (exact) mass is 356 g/mol. The van der Waals surface area contributed by atoms with Gasteiger partial charge in [0.1, 0.15) is 0 Å². The number of aliphatic carboxylic acids is 1. The quantitative estimate of drug-likeness (QED) is 0.644. The number of aryl methyl sites for hydroxylation is 1. The molecule has 0 radical (unpaired) electrons. The van der Waals surface area contributed by atoms with Crippen molar-refractivity contribution >= 4 is 5.97 Å². The Balaban J connectivity index is 0.000000257. The summed E-state index contributed by atoms with van der Waals surface area (Å²) in [5, 5.41) is 17.5. The molecule has 1 fully saturated rings. The van der Waals surface area contributed by atoms with Crippen LogP contribution in [0, 0.1) is 23.5 Å². The van der Waals surface area contributed by atoms with Crippen LogP contribution in [0.25, 0.3) is 0 Å². The second-order valence-electron chi connectivity index (χ2n) is 6.78. The van der Waals surface area contributed by atoms with Gasteiger partial charge in [-0.2, -0.15) is 4.39 Å². The van der Waals surface area contributed by atoms with Crippen LogP contribution in [0.1, 0.15) is 70.8 Å². The highest BCUT2D eigenvalue weighted by Gasteiger charge is 2.25. The molecule has 1 aliphatic carbocycles. The van der Waals surface area contributed by atoms with Crippen molar-refractivity contribution in [1.82, 2.24) is 0 Å². The molecule has 0 heterocycles. The molecule has 1 aromatic rings. The predicted octanol–water partition coefficient (Wildman–Crippen LogP) is 5.69. The number of unbranched alkanes of at least 4 members (excludes halogenated alkanes) is 2. The lowest BCUT2D eigenvalue weighted by Crippen LogP contribution is -2.21. The molecule has 0 saturated heterocycles. The third-order valence-electron chi connectivity index (χ3n) is 4.93.